The Balaban J connectivity index is 1.16. The summed E-state index contributed by atoms with van der Waals surface area (Å²) in [6.45, 7) is 12.6. The number of carboxylic acid groups (broad SMARTS) is 2. The first-order valence-corrected chi connectivity index (χ1v) is 20.7. The maximum atomic E-state index is 13.6. The third-order valence-corrected chi connectivity index (χ3v) is 12.0. The molecular weight excluding hydrogens is 777 g/mol. The van der Waals surface area contributed by atoms with Gasteiger partial charge in [0.1, 0.15) is 0 Å². The molecule has 2 atom stereocenters. The molecule has 0 spiro atoms. The van der Waals surface area contributed by atoms with Crippen molar-refractivity contribution in [3.8, 4) is 0 Å². The van der Waals surface area contributed by atoms with Gasteiger partial charge in [-0.2, -0.15) is 0 Å². The third kappa shape index (κ3) is 7.27. The Morgan fingerprint density at radius 1 is 0.484 bits per heavy atom. The Bertz CT molecular complexity index is 3000. The summed E-state index contributed by atoms with van der Waals surface area (Å²) >= 11 is 0. The molecule has 2 aromatic heterocycles. The van der Waals surface area contributed by atoms with Crippen LogP contribution in [0, 0.1) is 13.8 Å². The molecule has 0 aliphatic heterocycles. The monoisotopic (exact) mass is 822 g/mol. The van der Waals surface area contributed by atoms with E-state index in [2.05, 4.69) is 19.1 Å². The van der Waals surface area contributed by atoms with E-state index in [4.69, 9.17) is 0 Å². The number of aryl methyl sites for hydroxylation is 4. The van der Waals surface area contributed by atoms with Crippen LogP contribution in [-0.2, 0) is 22.7 Å². The van der Waals surface area contributed by atoms with Crippen molar-refractivity contribution in [1.29, 1.82) is 0 Å². The van der Waals surface area contributed by atoms with Gasteiger partial charge in [0.05, 0.1) is 0 Å². The van der Waals surface area contributed by atoms with E-state index in [9.17, 15) is 29.4 Å². The number of aliphatic carboxylic acids is 2. The Labute approximate surface area is 358 Å². The summed E-state index contributed by atoms with van der Waals surface area (Å²) in [5.41, 5.74) is 9.77. The second-order valence-electron chi connectivity index (χ2n) is 15.7. The van der Waals surface area contributed by atoms with Crippen molar-refractivity contribution in [2.45, 2.75) is 66.7 Å². The topological polar surface area (TPSA) is 143 Å². The molecule has 0 bridgehead atoms. The van der Waals surface area contributed by atoms with Gasteiger partial charge in [-0.25, -0.2) is 9.59 Å². The lowest BCUT2D eigenvalue weighted by molar-refractivity contribution is -0.146. The molecule has 8 aromatic rings. The van der Waals surface area contributed by atoms with Gasteiger partial charge in [0, 0.05) is 90.4 Å². The van der Waals surface area contributed by atoms with Gasteiger partial charge in [-0.15, -0.1) is 0 Å². The van der Waals surface area contributed by atoms with Crippen molar-refractivity contribution in [3.63, 3.8) is 0 Å². The highest BCUT2D eigenvalue weighted by Gasteiger charge is 2.34. The number of carbonyl (C=O) groups excluding carboxylic acids is 2. The van der Waals surface area contributed by atoms with Crippen LogP contribution in [0.15, 0.2) is 131 Å². The molecule has 2 unspecified atom stereocenters. The number of ketones is 2. The molecule has 0 radical (unpaired) electrons. The lowest BCUT2D eigenvalue weighted by Gasteiger charge is -2.16. The largest absolute Gasteiger partial charge is 0.480 e. The fourth-order valence-electron chi connectivity index (χ4n) is 8.68. The molecule has 310 valence electrons. The third-order valence-electron chi connectivity index (χ3n) is 12.0. The molecule has 10 nitrogen and oxygen atoms in total. The van der Waals surface area contributed by atoms with Crippen LogP contribution in [-0.4, -0.2) is 66.4 Å². The average Bonchev–Trinajstić information content (AvgIpc) is 3.77. The molecule has 10 heteroatoms. The minimum absolute atomic E-state index is 0.0803. The molecule has 6 aromatic carbocycles. The quantitative estimate of drug-likeness (QED) is 0.0875. The standard InChI is InChI=1S/C52H46N4O6/c1-7-55-43-21-17-33(25-39(43)41-27-35(19-23-45(41)55)49(57)37-15-11-9-13-29(37)3)31(5)53-47(51(59)60)48(52(61)62)54-32(6)34-18-22-44-40(26-34)42-28-36(20-24-46(42)56(44)8-2)50(58)38-16-12-10-14-30(38)4/h9-28,47-48H,7-8H2,1-6H3,(H,59,60)(H,61,62). The van der Waals surface area contributed by atoms with E-state index < -0.39 is 24.0 Å². The number of carbonyl (C=O) groups is 4. The Kier molecular flexibility index (Phi) is 11.0. The fraction of sp³-hybridized carbons (Fsp3) is 0.192. The van der Waals surface area contributed by atoms with Gasteiger partial charge in [0.15, 0.2) is 23.7 Å². The van der Waals surface area contributed by atoms with Crippen molar-refractivity contribution in [1.82, 2.24) is 9.13 Å². The lowest BCUT2D eigenvalue weighted by Crippen LogP contribution is -2.38. The molecule has 0 saturated heterocycles. The highest BCUT2D eigenvalue weighted by Crippen LogP contribution is 2.34. The van der Waals surface area contributed by atoms with Gasteiger partial charge in [-0.05, 0) is 124 Å². The van der Waals surface area contributed by atoms with Crippen LogP contribution in [0.2, 0.25) is 0 Å². The molecule has 62 heavy (non-hydrogen) atoms. The van der Waals surface area contributed by atoms with Gasteiger partial charge in [0.25, 0.3) is 0 Å². The number of aromatic nitrogens is 2. The minimum Gasteiger partial charge on any atom is -0.480 e. The van der Waals surface area contributed by atoms with Gasteiger partial charge < -0.3 is 19.3 Å². The van der Waals surface area contributed by atoms with Crippen molar-refractivity contribution in [2.24, 2.45) is 9.98 Å². The van der Waals surface area contributed by atoms with Crippen LogP contribution < -0.4 is 0 Å². The van der Waals surface area contributed by atoms with E-state index in [1.807, 2.05) is 149 Å². The van der Waals surface area contributed by atoms with Crippen molar-refractivity contribution >= 4 is 78.5 Å². The SMILES string of the molecule is CCn1c2ccc(C(=O)c3ccccc3C)cc2c2cc(C(C)=NC(C(=O)O)C(N=C(C)c3ccc4c(c3)c3cc(C(=O)c5ccccc5C)ccc3n4CC)C(=O)O)ccc21. The summed E-state index contributed by atoms with van der Waals surface area (Å²) < 4.78 is 4.31. The smallest absolute Gasteiger partial charge is 0.331 e. The first kappa shape index (κ1) is 41.3. The Morgan fingerprint density at radius 3 is 1.10 bits per heavy atom. The number of rotatable bonds is 13. The van der Waals surface area contributed by atoms with Gasteiger partial charge in [0.2, 0.25) is 0 Å². The number of nitrogens with zero attached hydrogens (tertiary/aromatic N) is 4. The van der Waals surface area contributed by atoms with E-state index in [0.29, 0.717) is 57.9 Å². The predicted molar refractivity (Wildman–Crippen MR) is 247 cm³/mol. The summed E-state index contributed by atoms with van der Waals surface area (Å²) in [7, 11) is 0. The first-order chi connectivity index (χ1) is 29.8. The van der Waals surface area contributed by atoms with E-state index >= 15 is 0 Å². The zero-order valence-electron chi connectivity index (χ0n) is 35.4. The number of carboxylic acids is 2. The molecular formula is C52H46N4O6. The van der Waals surface area contributed by atoms with E-state index in [0.717, 1.165) is 54.7 Å². The Hall–Kier alpha value is -7.46. The zero-order chi connectivity index (χ0) is 44.0. The molecule has 2 N–H and O–H groups in total. The lowest BCUT2D eigenvalue weighted by atomic mass is 9.97. The summed E-state index contributed by atoms with van der Waals surface area (Å²) in [5.74, 6) is -3.01. The van der Waals surface area contributed by atoms with Crippen LogP contribution in [0.1, 0.15) is 81.8 Å². The van der Waals surface area contributed by atoms with Crippen LogP contribution in [0.25, 0.3) is 43.6 Å². The average molecular weight is 823 g/mol. The molecule has 2 heterocycles. The molecule has 8 rings (SSSR count). The van der Waals surface area contributed by atoms with Crippen LogP contribution in [0.3, 0.4) is 0 Å². The number of benzene rings is 6. The Morgan fingerprint density at radius 2 is 0.790 bits per heavy atom. The van der Waals surface area contributed by atoms with Crippen molar-refractivity contribution in [2.75, 3.05) is 0 Å². The molecule has 0 aliphatic rings. The maximum absolute atomic E-state index is 13.6. The molecule has 0 fully saturated rings. The van der Waals surface area contributed by atoms with E-state index in [-0.39, 0.29) is 11.6 Å². The normalized spacial score (nSPS) is 13.3. The van der Waals surface area contributed by atoms with E-state index in [1.54, 1.807) is 13.8 Å². The fourth-order valence-corrected chi connectivity index (χ4v) is 8.68. The van der Waals surface area contributed by atoms with Crippen LogP contribution >= 0.6 is 0 Å². The zero-order valence-corrected chi connectivity index (χ0v) is 35.4. The first-order valence-electron chi connectivity index (χ1n) is 20.7. The molecule has 0 saturated carbocycles. The van der Waals surface area contributed by atoms with Crippen LogP contribution in [0.5, 0.6) is 0 Å². The van der Waals surface area contributed by atoms with Crippen molar-refractivity contribution < 1.29 is 29.4 Å². The van der Waals surface area contributed by atoms with Crippen LogP contribution in [0.4, 0.5) is 0 Å². The molecule has 0 amide bonds. The van der Waals surface area contributed by atoms with Gasteiger partial charge in [-0.1, -0.05) is 60.7 Å². The van der Waals surface area contributed by atoms with Crippen molar-refractivity contribution in [3.05, 3.63) is 166 Å². The highest BCUT2D eigenvalue weighted by molar-refractivity contribution is 6.18. The number of hydrogen-bond donors (Lipinski definition) is 2. The van der Waals surface area contributed by atoms with Gasteiger partial charge >= 0.3 is 11.9 Å². The summed E-state index contributed by atoms with van der Waals surface area (Å²) in [4.78, 5) is 62.0. The number of aliphatic imine (C=N–C) groups is 2. The second kappa shape index (κ2) is 16.5. The number of fused-ring (bicyclic) bond motifs is 6. The molecule has 0 aliphatic carbocycles. The van der Waals surface area contributed by atoms with E-state index in [1.165, 1.54) is 0 Å². The summed E-state index contributed by atoms with van der Waals surface area (Å²) in [5, 5.41) is 24.4. The predicted octanol–water partition coefficient (Wildman–Crippen LogP) is 10.2. The second-order valence-corrected chi connectivity index (χ2v) is 15.7. The van der Waals surface area contributed by atoms with Gasteiger partial charge in [-0.3, -0.25) is 19.6 Å². The maximum Gasteiger partial charge on any atom is 0.331 e. The number of hydrogen-bond acceptors (Lipinski definition) is 6. The highest BCUT2D eigenvalue weighted by atomic mass is 16.4. The summed E-state index contributed by atoms with van der Waals surface area (Å²) in [6, 6.07) is 34.3. The minimum atomic E-state index is -1.74. The summed E-state index contributed by atoms with van der Waals surface area (Å²) in [6.07, 6.45) is 0.